The average Bonchev–Trinajstić information content (AvgIpc) is 2.99. The van der Waals surface area contributed by atoms with Crippen LogP contribution in [-0.2, 0) is 9.47 Å². The number of nitrogens with one attached hydrogen (secondary N) is 1. The summed E-state index contributed by atoms with van der Waals surface area (Å²) in [5.74, 6) is 0.615. The molecule has 108 valence electrons. The Kier molecular flexibility index (Phi) is 2.52. The van der Waals surface area contributed by atoms with Gasteiger partial charge in [-0.1, -0.05) is 13.8 Å². The lowest BCUT2D eigenvalue weighted by Gasteiger charge is -2.52. The molecule has 2 saturated carbocycles. The molecule has 2 heterocycles. The van der Waals surface area contributed by atoms with Crippen molar-refractivity contribution in [3.05, 3.63) is 17.5 Å². The van der Waals surface area contributed by atoms with E-state index >= 15 is 0 Å². The van der Waals surface area contributed by atoms with Crippen LogP contribution in [0.1, 0.15) is 55.2 Å². The summed E-state index contributed by atoms with van der Waals surface area (Å²) in [6.07, 6.45) is 3.55. The lowest BCUT2D eigenvalue weighted by atomic mass is 9.59. The van der Waals surface area contributed by atoms with Crippen LogP contribution in [0.2, 0.25) is 0 Å². The zero-order valence-electron chi connectivity index (χ0n) is 11.9. The van der Waals surface area contributed by atoms with Gasteiger partial charge in [-0.05, 0) is 25.3 Å². The zero-order valence-corrected chi connectivity index (χ0v) is 11.9. The number of ether oxygens (including phenoxy) is 2. The van der Waals surface area contributed by atoms with E-state index in [2.05, 4.69) is 24.0 Å². The molecule has 3 fully saturated rings. The van der Waals surface area contributed by atoms with Crippen molar-refractivity contribution >= 4 is 5.97 Å². The monoisotopic (exact) mass is 276 g/mol. The van der Waals surface area contributed by atoms with E-state index in [0.29, 0.717) is 17.5 Å². The molecule has 2 aliphatic carbocycles. The molecule has 0 aromatic carbocycles. The molecule has 1 saturated heterocycles. The normalized spacial score (nSPS) is 34.4. The van der Waals surface area contributed by atoms with Crippen LogP contribution < -0.4 is 0 Å². The summed E-state index contributed by atoms with van der Waals surface area (Å²) in [7, 11) is 0. The highest BCUT2D eigenvalue weighted by Gasteiger charge is 2.61. The number of carbonyl (C=O) groups is 1. The topological polar surface area (TPSA) is 64.2 Å². The Morgan fingerprint density at radius 2 is 2.25 bits per heavy atom. The highest BCUT2D eigenvalue weighted by Crippen LogP contribution is 2.53. The summed E-state index contributed by atoms with van der Waals surface area (Å²) in [5.41, 5.74) is 1.38. The minimum Gasteiger partial charge on any atom is -0.457 e. The molecular weight excluding hydrogens is 256 g/mol. The minimum atomic E-state index is -0.309. The van der Waals surface area contributed by atoms with E-state index in [-0.39, 0.29) is 23.6 Å². The number of carbonyl (C=O) groups excluding carboxylic acids is 1. The fraction of sp³-hybridized carbons (Fsp3) is 0.733. The zero-order chi connectivity index (χ0) is 13.9. The van der Waals surface area contributed by atoms with Gasteiger partial charge in [-0.15, -0.1) is 0 Å². The second-order valence-corrected chi connectivity index (χ2v) is 6.87. The molecule has 1 aliphatic heterocycles. The van der Waals surface area contributed by atoms with Crippen molar-refractivity contribution in [2.24, 2.45) is 11.3 Å². The van der Waals surface area contributed by atoms with Crippen molar-refractivity contribution in [2.75, 3.05) is 6.61 Å². The van der Waals surface area contributed by atoms with Gasteiger partial charge in [0.05, 0.1) is 6.10 Å². The summed E-state index contributed by atoms with van der Waals surface area (Å²) in [6, 6.07) is 1.84. The van der Waals surface area contributed by atoms with Gasteiger partial charge in [0.25, 0.3) is 0 Å². The predicted molar refractivity (Wildman–Crippen MR) is 71.4 cm³/mol. The van der Waals surface area contributed by atoms with Crippen LogP contribution in [0.4, 0.5) is 0 Å². The van der Waals surface area contributed by atoms with Gasteiger partial charge in [0.15, 0.2) is 5.69 Å². The molecule has 1 aromatic rings. The van der Waals surface area contributed by atoms with Crippen molar-refractivity contribution in [3.63, 3.8) is 0 Å². The van der Waals surface area contributed by atoms with Crippen LogP contribution in [0.5, 0.6) is 0 Å². The highest BCUT2D eigenvalue weighted by atomic mass is 16.6. The van der Waals surface area contributed by atoms with Crippen LogP contribution in [0.25, 0.3) is 0 Å². The SMILES string of the molecule is CC1(C)[C@@H]2OCC[C@@H]2[C@H]1OC(=O)c1cc(C2CC2)[nH]n1. The molecular formula is C15H20N2O3. The maximum Gasteiger partial charge on any atom is 0.359 e. The van der Waals surface area contributed by atoms with Gasteiger partial charge in [0, 0.05) is 29.6 Å². The molecule has 5 heteroatoms. The van der Waals surface area contributed by atoms with Crippen molar-refractivity contribution in [3.8, 4) is 0 Å². The molecule has 0 spiro atoms. The summed E-state index contributed by atoms with van der Waals surface area (Å²) in [4.78, 5) is 12.2. The number of aromatic amines is 1. The van der Waals surface area contributed by atoms with Crippen LogP contribution in [0.15, 0.2) is 6.07 Å². The van der Waals surface area contributed by atoms with Gasteiger partial charge in [-0.3, -0.25) is 5.10 Å². The second kappa shape index (κ2) is 4.07. The summed E-state index contributed by atoms with van der Waals surface area (Å²) in [5, 5.41) is 7.04. The first-order chi connectivity index (χ1) is 9.57. The Labute approximate surface area is 118 Å². The predicted octanol–water partition coefficient (Wildman–Crippen LogP) is 2.26. The maximum absolute atomic E-state index is 12.2. The van der Waals surface area contributed by atoms with Crippen molar-refractivity contribution in [1.82, 2.24) is 10.2 Å². The third kappa shape index (κ3) is 1.72. The lowest BCUT2D eigenvalue weighted by Crippen LogP contribution is -2.61. The number of nitrogens with zero attached hydrogens (tertiary/aromatic N) is 1. The van der Waals surface area contributed by atoms with Crippen LogP contribution in [-0.4, -0.2) is 35.0 Å². The van der Waals surface area contributed by atoms with Gasteiger partial charge >= 0.3 is 5.97 Å². The molecule has 3 aliphatic rings. The van der Waals surface area contributed by atoms with Gasteiger partial charge in [0.2, 0.25) is 0 Å². The number of rotatable bonds is 3. The van der Waals surface area contributed by atoms with Crippen molar-refractivity contribution in [1.29, 1.82) is 0 Å². The molecule has 1 aromatic heterocycles. The van der Waals surface area contributed by atoms with E-state index < -0.39 is 0 Å². The molecule has 0 radical (unpaired) electrons. The Balaban J connectivity index is 1.46. The minimum absolute atomic E-state index is 0.0522. The number of hydrogen-bond acceptors (Lipinski definition) is 4. The second-order valence-electron chi connectivity index (χ2n) is 6.87. The van der Waals surface area contributed by atoms with Gasteiger partial charge in [-0.2, -0.15) is 5.10 Å². The first-order valence-corrected chi connectivity index (χ1v) is 7.45. The molecule has 20 heavy (non-hydrogen) atoms. The fourth-order valence-corrected chi connectivity index (χ4v) is 3.74. The third-order valence-corrected chi connectivity index (χ3v) is 5.05. The smallest absolute Gasteiger partial charge is 0.359 e. The maximum atomic E-state index is 12.2. The van der Waals surface area contributed by atoms with E-state index in [1.807, 2.05) is 6.07 Å². The Morgan fingerprint density at radius 3 is 3.00 bits per heavy atom. The number of hydrogen-bond donors (Lipinski definition) is 1. The van der Waals surface area contributed by atoms with Gasteiger partial charge in [-0.25, -0.2) is 4.79 Å². The van der Waals surface area contributed by atoms with E-state index in [4.69, 9.17) is 9.47 Å². The van der Waals surface area contributed by atoms with E-state index in [1.165, 1.54) is 12.8 Å². The van der Waals surface area contributed by atoms with Crippen molar-refractivity contribution in [2.45, 2.75) is 51.2 Å². The summed E-state index contributed by atoms with van der Waals surface area (Å²) in [6.45, 7) is 5.00. The Bertz CT molecular complexity index is 547. The van der Waals surface area contributed by atoms with E-state index in [0.717, 1.165) is 18.7 Å². The van der Waals surface area contributed by atoms with Crippen LogP contribution in [0.3, 0.4) is 0 Å². The number of fused-ring (bicyclic) bond motifs is 1. The van der Waals surface area contributed by atoms with Gasteiger partial charge < -0.3 is 9.47 Å². The summed E-state index contributed by atoms with van der Waals surface area (Å²) < 4.78 is 11.4. The number of aromatic nitrogens is 2. The quantitative estimate of drug-likeness (QED) is 0.860. The lowest BCUT2D eigenvalue weighted by molar-refractivity contribution is -0.183. The molecule has 1 N–H and O–H groups in total. The standard InChI is InChI=1S/C15H20N2O3/c1-15(2)12-9(5-6-19-12)13(15)20-14(18)11-7-10(16-17-11)8-3-4-8/h7-9,12-13H,3-6H2,1-2H3,(H,16,17)/t9-,12+,13+/m0/s1. The first-order valence-electron chi connectivity index (χ1n) is 7.45. The number of H-pyrrole nitrogens is 1. The van der Waals surface area contributed by atoms with Crippen LogP contribution >= 0.6 is 0 Å². The summed E-state index contributed by atoms with van der Waals surface area (Å²) >= 11 is 0. The molecule has 3 atom stereocenters. The molecule has 0 bridgehead atoms. The molecule has 0 amide bonds. The average molecular weight is 276 g/mol. The molecule has 0 unspecified atom stereocenters. The molecule has 4 rings (SSSR count). The van der Waals surface area contributed by atoms with E-state index in [1.54, 1.807) is 0 Å². The largest absolute Gasteiger partial charge is 0.457 e. The van der Waals surface area contributed by atoms with Crippen molar-refractivity contribution < 1.29 is 14.3 Å². The van der Waals surface area contributed by atoms with Crippen LogP contribution in [0, 0.1) is 11.3 Å². The highest BCUT2D eigenvalue weighted by molar-refractivity contribution is 5.87. The Hall–Kier alpha value is -1.36. The first kappa shape index (κ1) is 12.4. The Morgan fingerprint density at radius 1 is 1.45 bits per heavy atom. The number of esters is 1. The van der Waals surface area contributed by atoms with E-state index in [9.17, 15) is 4.79 Å². The molecule has 5 nitrogen and oxygen atoms in total. The third-order valence-electron chi connectivity index (χ3n) is 5.05. The fourth-order valence-electron chi connectivity index (χ4n) is 3.74. The van der Waals surface area contributed by atoms with Gasteiger partial charge in [0.1, 0.15) is 6.10 Å².